The van der Waals surface area contributed by atoms with Gasteiger partial charge in [-0.1, -0.05) is 6.92 Å². The molecule has 0 spiro atoms. The fraction of sp³-hybridized carbons (Fsp3) is 0.333. The molecule has 0 saturated carbocycles. The summed E-state index contributed by atoms with van der Waals surface area (Å²) in [5.41, 5.74) is 0.572. The molecule has 0 amide bonds. The zero-order chi connectivity index (χ0) is 11.5. The van der Waals surface area contributed by atoms with Crippen molar-refractivity contribution < 1.29 is 9.21 Å². The molecule has 0 aliphatic heterocycles. The molecule has 84 valence electrons. The molecule has 0 unspecified atom stereocenters. The molecule has 2 heterocycles. The highest BCUT2D eigenvalue weighted by molar-refractivity contribution is 6.06. The molecule has 0 N–H and O–H groups in total. The number of hydrogen-bond acceptors (Lipinski definition) is 3. The van der Waals surface area contributed by atoms with Gasteiger partial charge in [0.05, 0.1) is 11.8 Å². The smallest absolute Gasteiger partial charge is 0.231 e. The van der Waals surface area contributed by atoms with E-state index in [0.29, 0.717) is 11.3 Å². The Morgan fingerprint density at radius 3 is 2.94 bits per heavy atom. The molecule has 0 fully saturated rings. The van der Waals surface area contributed by atoms with Crippen LogP contribution in [0.1, 0.15) is 35.2 Å². The number of furan rings is 1. The maximum Gasteiger partial charge on any atom is 0.231 e. The van der Waals surface area contributed by atoms with Crippen molar-refractivity contribution in [2.45, 2.75) is 26.8 Å². The second kappa shape index (κ2) is 4.35. The Morgan fingerprint density at radius 1 is 1.50 bits per heavy atom. The van der Waals surface area contributed by atoms with E-state index in [1.54, 1.807) is 29.2 Å². The van der Waals surface area contributed by atoms with Crippen LogP contribution in [0.25, 0.3) is 0 Å². The fourth-order valence-electron chi connectivity index (χ4n) is 1.53. The summed E-state index contributed by atoms with van der Waals surface area (Å²) in [7, 11) is 0. The maximum absolute atomic E-state index is 11.9. The van der Waals surface area contributed by atoms with Crippen LogP contribution in [0, 0.1) is 6.92 Å². The number of aryl methyl sites for hydroxylation is 2. The lowest BCUT2D eigenvalue weighted by atomic mass is 10.2. The maximum atomic E-state index is 11.9. The number of nitrogens with zero attached hydrogens (tertiary/aromatic N) is 2. The van der Waals surface area contributed by atoms with Crippen molar-refractivity contribution in [1.29, 1.82) is 0 Å². The highest BCUT2D eigenvalue weighted by Crippen LogP contribution is 2.12. The van der Waals surface area contributed by atoms with Gasteiger partial charge in [-0.3, -0.25) is 9.48 Å². The van der Waals surface area contributed by atoms with Gasteiger partial charge in [0, 0.05) is 12.7 Å². The molecule has 2 aromatic rings. The molecule has 0 radical (unpaired) electrons. The summed E-state index contributed by atoms with van der Waals surface area (Å²) in [5, 5.41) is 4.11. The van der Waals surface area contributed by atoms with Gasteiger partial charge in [0.1, 0.15) is 5.76 Å². The predicted molar refractivity (Wildman–Crippen MR) is 59.4 cm³/mol. The van der Waals surface area contributed by atoms with Gasteiger partial charge in [-0.25, -0.2) is 0 Å². The van der Waals surface area contributed by atoms with Gasteiger partial charge in [0.15, 0.2) is 5.76 Å². The molecule has 4 heteroatoms. The van der Waals surface area contributed by atoms with Crippen LogP contribution in [0.5, 0.6) is 0 Å². The van der Waals surface area contributed by atoms with Crippen LogP contribution < -0.4 is 0 Å². The molecule has 0 aliphatic rings. The monoisotopic (exact) mass is 218 g/mol. The second-order valence-electron chi connectivity index (χ2n) is 3.73. The number of aromatic nitrogens is 2. The van der Waals surface area contributed by atoms with E-state index in [0.717, 1.165) is 18.7 Å². The van der Waals surface area contributed by atoms with Crippen LogP contribution in [0.3, 0.4) is 0 Å². The Labute approximate surface area is 93.9 Å². The molecule has 0 bridgehead atoms. The Balaban J connectivity index is 2.20. The molecule has 0 aliphatic carbocycles. The van der Waals surface area contributed by atoms with Crippen molar-refractivity contribution in [3.63, 3.8) is 0 Å². The summed E-state index contributed by atoms with van der Waals surface area (Å²) in [5.74, 6) is 0.994. The summed E-state index contributed by atoms with van der Waals surface area (Å²) >= 11 is 0. The normalized spacial score (nSPS) is 10.6. The predicted octanol–water partition coefficient (Wildman–Crippen LogP) is 2.43. The minimum Gasteiger partial charge on any atom is -0.458 e. The third-order valence-corrected chi connectivity index (χ3v) is 2.31. The van der Waals surface area contributed by atoms with Crippen molar-refractivity contribution in [1.82, 2.24) is 9.78 Å². The molecule has 2 aromatic heterocycles. The Kier molecular flexibility index (Phi) is 2.90. The lowest BCUT2D eigenvalue weighted by molar-refractivity contribution is 0.101. The Hall–Kier alpha value is -1.84. The van der Waals surface area contributed by atoms with Crippen molar-refractivity contribution in [3.8, 4) is 0 Å². The van der Waals surface area contributed by atoms with Gasteiger partial charge in [-0.15, -0.1) is 0 Å². The molecular formula is C12H14N2O2. The number of carbonyl (C=O) groups is 1. The Morgan fingerprint density at radius 2 is 2.31 bits per heavy atom. The lowest BCUT2D eigenvalue weighted by Gasteiger charge is -1.95. The highest BCUT2D eigenvalue weighted by Gasteiger charge is 2.14. The van der Waals surface area contributed by atoms with E-state index in [4.69, 9.17) is 4.42 Å². The molecular weight excluding hydrogens is 204 g/mol. The third-order valence-electron chi connectivity index (χ3n) is 2.31. The van der Waals surface area contributed by atoms with Gasteiger partial charge in [0.2, 0.25) is 5.78 Å². The average Bonchev–Trinajstić information content (AvgIpc) is 2.87. The van der Waals surface area contributed by atoms with Crippen molar-refractivity contribution in [2.24, 2.45) is 0 Å². The first kappa shape index (κ1) is 10.7. The summed E-state index contributed by atoms with van der Waals surface area (Å²) < 4.78 is 7.05. The van der Waals surface area contributed by atoms with E-state index >= 15 is 0 Å². The fourth-order valence-corrected chi connectivity index (χ4v) is 1.53. The molecule has 0 aromatic carbocycles. The summed E-state index contributed by atoms with van der Waals surface area (Å²) in [6.45, 7) is 4.71. The number of hydrogen-bond donors (Lipinski definition) is 0. The summed E-state index contributed by atoms with van der Waals surface area (Å²) in [6.07, 6.45) is 4.33. The van der Waals surface area contributed by atoms with Crippen LogP contribution in [-0.4, -0.2) is 15.6 Å². The average molecular weight is 218 g/mol. The molecule has 0 saturated heterocycles. The molecule has 16 heavy (non-hydrogen) atoms. The van der Waals surface area contributed by atoms with E-state index in [-0.39, 0.29) is 5.78 Å². The van der Waals surface area contributed by atoms with Crippen LogP contribution >= 0.6 is 0 Å². The van der Waals surface area contributed by atoms with E-state index in [1.807, 2.05) is 6.92 Å². The first-order chi connectivity index (χ1) is 7.70. The van der Waals surface area contributed by atoms with Gasteiger partial charge >= 0.3 is 0 Å². The molecule has 0 atom stereocenters. The van der Waals surface area contributed by atoms with Gasteiger partial charge in [0.25, 0.3) is 0 Å². The number of ketones is 1. The minimum atomic E-state index is -0.115. The highest BCUT2D eigenvalue weighted by atomic mass is 16.3. The van der Waals surface area contributed by atoms with Gasteiger partial charge < -0.3 is 4.42 Å². The van der Waals surface area contributed by atoms with Crippen LogP contribution in [0.15, 0.2) is 28.9 Å². The quantitative estimate of drug-likeness (QED) is 0.740. The second-order valence-corrected chi connectivity index (χ2v) is 3.73. The first-order valence-electron chi connectivity index (χ1n) is 5.34. The molecule has 4 nitrogen and oxygen atoms in total. The van der Waals surface area contributed by atoms with E-state index in [1.165, 1.54) is 0 Å². The largest absolute Gasteiger partial charge is 0.458 e. The first-order valence-corrected chi connectivity index (χ1v) is 5.34. The van der Waals surface area contributed by atoms with E-state index in [2.05, 4.69) is 12.0 Å². The topological polar surface area (TPSA) is 48.0 Å². The zero-order valence-electron chi connectivity index (χ0n) is 9.43. The third kappa shape index (κ3) is 2.05. The zero-order valence-corrected chi connectivity index (χ0v) is 9.43. The van der Waals surface area contributed by atoms with Gasteiger partial charge in [-0.05, 0) is 25.5 Å². The van der Waals surface area contributed by atoms with E-state index in [9.17, 15) is 4.79 Å². The summed E-state index contributed by atoms with van der Waals surface area (Å²) in [6, 6.07) is 3.47. The van der Waals surface area contributed by atoms with E-state index < -0.39 is 0 Å². The van der Waals surface area contributed by atoms with Crippen molar-refractivity contribution in [2.75, 3.05) is 0 Å². The number of rotatable bonds is 4. The molecule has 2 rings (SSSR count). The van der Waals surface area contributed by atoms with Crippen molar-refractivity contribution in [3.05, 3.63) is 41.6 Å². The Bertz CT molecular complexity index is 497. The SMILES string of the molecule is CCCn1cc(C(=O)c2ccc(C)o2)cn1. The van der Waals surface area contributed by atoms with Crippen molar-refractivity contribution >= 4 is 5.78 Å². The summed E-state index contributed by atoms with van der Waals surface area (Å²) in [4.78, 5) is 11.9. The van der Waals surface area contributed by atoms with Gasteiger partial charge in [-0.2, -0.15) is 5.10 Å². The lowest BCUT2D eigenvalue weighted by Crippen LogP contribution is -1.99. The van der Waals surface area contributed by atoms with Crippen LogP contribution in [-0.2, 0) is 6.54 Å². The van der Waals surface area contributed by atoms with Crippen LogP contribution in [0.4, 0.5) is 0 Å². The van der Waals surface area contributed by atoms with Crippen LogP contribution in [0.2, 0.25) is 0 Å². The number of carbonyl (C=O) groups excluding carboxylic acids is 1. The standard InChI is InChI=1S/C12H14N2O2/c1-3-6-14-8-10(7-13-14)12(15)11-5-4-9(2)16-11/h4-5,7-8H,3,6H2,1-2H3. The minimum absolute atomic E-state index is 0.115.